The summed E-state index contributed by atoms with van der Waals surface area (Å²) in [4.78, 5) is 20.9. The van der Waals surface area contributed by atoms with E-state index in [9.17, 15) is 4.79 Å². The number of ether oxygens (including phenoxy) is 1. The number of imidazole rings is 1. The van der Waals surface area contributed by atoms with Crippen LogP contribution in [-0.4, -0.2) is 29.5 Å². The van der Waals surface area contributed by atoms with Crippen LogP contribution in [0.15, 0.2) is 84.9 Å². The molecule has 1 aromatic heterocycles. The third-order valence-corrected chi connectivity index (χ3v) is 6.40. The molecule has 1 amide bonds. The third-order valence-electron chi connectivity index (χ3n) is 6.40. The normalized spacial score (nSPS) is 12.3. The molecule has 4 aromatic carbocycles. The first-order valence-electron chi connectivity index (χ1n) is 11.6. The van der Waals surface area contributed by atoms with Gasteiger partial charge in [-0.25, -0.2) is 4.98 Å². The summed E-state index contributed by atoms with van der Waals surface area (Å²) in [5.74, 6) is 1.46. The molecule has 0 spiro atoms. The van der Waals surface area contributed by atoms with Gasteiger partial charge in [-0.1, -0.05) is 36.4 Å². The van der Waals surface area contributed by atoms with Crippen molar-refractivity contribution in [3.8, 4) is 28.3 Å². The average Bonchev–Trinajstić information content (AvgIpc) is 3.55. The summed E-state index contributed by atoms with van der Waals surface area (Å²) in [7, 11) is 1.66. The van der Waals surface area contributed by atoms with Crippen molar-refractivity contribution in [3.05, 3.63) is 96.1 Å². The van der Waals surface area contributed by atoms with Crippen molar-refractivity contribution in [2.45, 2.75) is 6.42 Å². The Hall–Kier alpha value is -4.58. The van der Waals surface area contributed by atoms with E-state index < -0.39 is 0 Å². The largest absolute Gasteiger partial charge is 0.497 e. The fourth-order valence-electron chi connectivity index (χ4n) is 4.46. The Morgan fingerprint density at radius 3 is 2.46 bits per heavy atom. The second-order valence-corrected chi connectivity index (χ2v) is 8.63. The van der Waals surface area contributed by atoms with E-state index in [-0.39, 0.29) is 5.91 Å². The second kappa shape index (κ2) is 8.65. The number of carbonyl (C=O) groups is 1. The van der Waals surface area contributed by atoms with Crippen molar-refractivity contribution >= 4 is 28.3 Å². The maximum Gasteiger partial charge on any atom is 0.255 e. The summed E-state index contributed by atoms with van der Waals surface area (Å²) < 4.78 is 5.25. The summed E-state index contributed by atoms with van der Waals surface area (Å²) in [6.07, 6.45) is 1.02. The van der Waals surface area contributed by atoms with E-state index in [4.69, 9.17) is 9.72 Å². The van der Waals surface area contributed by atoms with Crippen molar-refractivity contribution < 1.29 is 9.53 Å². The van der Waals surface area contributed by atoms with Gasteiger partial charge in [0.15, 0.2) is 0 Å². The fourth-order valence-corrected chi connectivity index (χ4v) is 4.46. The lowest BCUT2D eigenvalue weighted by atomic mass is 10.1. The molecule has 0 fully saturated rings. The topological polar surface area (TPSA) is 79.0 Å². The van der Waals surface area contributed by atoms with E-state index in [0.29, 0.717) is 5.56 Å². The van der Waals surface area contributed by atoms with Gasteiger partial charge in [-0.15, -0.1) is 0 Å². The number of hydrogen-bond acceptors (Lipinski definition) is 4. The summed E-state index contributed by atoms with van der Waals surface area (Å²) in [6, 6.07) is 27.7. The molecule has 1 aliphatic rings. The van der Waals surface area contributed by atoms with Crippen LogP contribution >= 0.6 is 0 Å². The number of anilines is 2. The molecule has 0 saturated heterocycles. The number of nitrogens with zero attached hydrogens (tertiary/aromatic N) is 1. The predicted octanol–water partition coefficient (Wildman–Crippen LogP) is 6.13. The molecule has 0 saturated carbocycles. The lowest BCUT2D eigenvalue weighted by Gasteiger charge is -2.08. The van der Waals surface area contributed by atoms with Gasteiger partial charge in [-0.2, -0.15) is 0 Å². The third kappa shape index (κ3) is 4.10. The van der Waals surface area contributed by atoms with Gasteiger partial charge in [0.05, 0.1) is 18.1 Å². The molecular formula is C29H24N4O2. The molecule has 6 heteroatoms. The van der Waals surface area contributed by atoms with Crippen LogP contribution in [0.3, 0.4) is 0 Å². The number of nitrogens with one attached hydrogen (secondary N) is 3. The molecule has 2 heterocycles. The van der Waals surface area contributed by atoms with Crippen molar-refractivity contribution in [2.75, 3.05) is 24.3 Å². The van der Waals surface area contributed by atoms with Crippen LogP contribution in [0.2, 0.25) is 0 Å². The van der Waals surface area contributed by atoms with Gasteiger partial charge < -0.3 is 20.4 Å². The van der Waals surface area contributed by atoms with Crippen LogP contribution in [0.4, 0.5) is 11.4 Å². The van der Waals surface area contributed by atoms with E-state index >= 15 is 0 Å². The molecule has 172 valence electrons. The van der Waals surface area contributed by atoms with E-state index in [1.807, 2.05) is 66.7 Å². The van der Waals surface area contributed by atoms with Crippen LogP contribution in [0, 0.1) is 0 Å². The van der Waals surface area contributed by atoms with Crippen LogP contribution in [0.1, 0.15) is 15.9 Å². The number of rotatable bonds is 5. The molecule has 6 rings (SSSR count). The SMILES string of the molecule is COc1ccc(-c2ccc3nc(-c4ccc(C(=O)Nc5ccc6c(c5)NCC6)cc4)[nH]c3c2)cc1. The minimum absolute atomic E-state index is 0.136. The molecule has 0 radical (unpaired) electrons. The van der Waals surface area contributed by atoms with E-state index in [2.05, 4.69) is 33.8 Å². The van der Waals surface area contributed by atoms with Gasteiger partial charge in [0.1, 0.15) is 11.6 Å². The highest BCUT2D eigenvalue weighted by Gasteiger charge is 2.13. The van der Waals surface area contributed by atoms with Crippen LogP contribution < -0.4 is 15.4 Å². The summed E-state index contributed by atoms with van der Waals surface area (Å²) in [6.45, 7) is 0.943. The molecular weight excluding hydrogens is 436 g/mol. The molecule has 0 unspecified atom stereocenters. The Labute approximate surface area is 203 Å². The van der Waals surface area contributed by atoms with E-state index in [1.54, 1.807) is 7.11 Å². The maximum atomic E-state index is 12.8. The molecule has 0 aliphatic carbocycles. The first-order chi connectivity index (χ1) is 17.2. The number of amides is 1. The molecule has 1 aliphatic heterocycles. The minimum atomic E-state index is -0.136. The van der Waals surface area contributed by atoms with Crippen LogP contribution in [0.25, 0.3) is 33.5 Å². The van der Waals surface area contributed by atoms with Gasteiger partial charge in [-0.3, -0.25) is 4.79 Å². The lowest BCUT2D eigenvalue weighted by Crippen LogP contribution is -2.11. The molecule has 5 aromatic rings. The highest BCUT2D eigenvalue weighted by atomic mass is 16.5. The zero-order valence-electron chi connectivity index (χ0n) is 19.3. The Morgan fingerprint density at radius 1 is 0.886 bits per heavy atom. The highest BCUT2D eigenvalue weighted by Crippen LogP contribution is 2.28. The summed E-state index contributed by atoms with van der Waals surface area (Å²) in [5, 5.41) is 6.33. The van der Waals surface area contributed by atoms with Gasteiger partial charge >= 0.3 is 0 Å². The van der Waals surface area contributed by atoms with Crippen molar-refractivity contribution in [1.29, 1.82) is 0 Å². The van der Waals surface area contributed by atoms with E-state index in [1.165, 1.54) is 5.56 Å². The number of methoxy groups -OCH3 is 1. The number of fused-ring (bicyclic) bond motifs is 2. The Morgan fingerprint density at radius 2 is 1.66 bits per heavy atom. The number of H-pyrrole nitrogens is 1. The zero-order valence-corrected chi connectivity index (χ0v) is 19.3. The van der Waals surface area contributed by atoms with Crippen LogP contribution in [0.5, 0.6) is 5.75 Å². The first-order valence-corrected chi connectivity index (χ1v) is 11.6. The first kappa shape index (κ1) is 21.0. The van der Waals surface area contributed by atoms with Gasteiger partial charge in [0, 0.05) is 29.0 Å². The van der Waals surface area contributed by atoms with Gasteiger partial charge in [-0.05, 0) is 71.6 Å². The Bertz CT molecular complexity index is 1540. The highest BCUT2D eigenvalue weighted by molar-refractivity contribution is 6.04. The van der Waals surface area contributed by atoms with Crippen molar-refractivity contribution in [1.82, 2.24) is 9.97 Å². The average molecular weight is 461 g/mol. The summed E-state index contributed by atoms with van der Waals surface area (Å²) >= 11 is 0. The van der Waals surface area contributed by atoms with Gasteiger partial charge in [0.25, 0.3) is 5.91 Å². The molecule has 0 atom stereocenters. The number of carbonyl (C=O) groups excluding carboxylic acids is 1. The maximum absolute atomic E-state index is 12.8. The molecule has 6 nitrogen and oxygen atoms in total. The quantitative estimate of drug-likeness (QED) is 0.295. The number of hydrogen-bond donors (Lipinski definition) is 3. The second-order valence-electron chi connectivity index (χ2n) is 8.63. The van der Waals surface area contributed by atoms with Crippen LogP contribution in [-0.2, 0) is 6.42 Å². The van der Waals surface area contributed by atoms with Crippen molar-refractivity contribution in [3.63, 3.8) is 0 Å². The Balaban J connectivity index is 1.20. The number of aromatic amines is 1. The predicted molar refractivity (Wildman–Crippen MR) is 140 cm³/mol. The number of aromatic nitrogens is 2. The monoisotopic (exact) mass is 460 g/mol. The minimum Gasteiger partial charge on any atom is -0.497 e. The standard InChI is InChI=1S/C29H24N4O2/c1-35-24-11-7-18(8-12-24)22-9-13-25-27(16-22)33-28(32-25)20-2-4-21(5-3-20)29(34)31-23-10-6-19-14-15-30-26(19)17-23/h2-13,16-17,30H,14-15H2,1H3,(H,31,34)(H,32,33). The van der Waals surface area contributed by atoms with Gasteiger partial charge in [0.2, 0.25) is 0 Å². The zero-order chi connectivity index (χ0) is 23.8. The molecule has 3 N–H and O–H groups in total. The van der Waals surface area contributed by atoms with E-state index in [0.717, 1.165) is 63.6 Å². The fraction of sp³-hybridized carbons (Fsp3) is 0.103. The molecule has 35 heavy (non-hydrogen) atoms. The number of benzene rings is 4. The Kier molecular flexibility index (Phi) is 5.19. The lowest BCUT2D eigenvalue weighted by molar-refractivity contribution is 0.102. The molecule has 0 bridgehead atoms. The van der Waals surface area contributed by atoms with Crippen molar-refractivity contribution in [2.24, 2.45) is 0 Å². The smallest absolute Gasteiger partial charge is 0.255 e. The summed E-state index contributed by atoms with van der Waals surface area (Å²) in [5.41, 5.74) is 8.75.